The molecule has 2 aromatic heterocycles. The summed E-state index contributed by atoms with van der Waals surface area (Å²) in [6.45, 7) is 0. The largest absolute Gasteiger partial charge is 0.471 e. The fourth-order valence-electron chi connectivity index (χ4n) is 4.37. The molecule has 0 amide bonds. The number of fused-ring (bicyclic) bond motifs is 1. The maximum Gasteiger partial charge on any atom is 0.115 e. The highest BCUT2D eigenvalue weighted by Crippen LogP contribution is 2.55. The summed E-state index contributed by atoms with van der Waals surface area (Å²) in [5, 5.41) is 2.32. The fraction of sp³-hybridized carbons (Fsp3) is 0.100. The van der Waals surface area contributed by atoms with E-state index in [9.17, 15) is 0 Å². The maximum atomic E-state index is 5.40. The van der Waals surface area contributed by atoms with Gasteiger partial charge in [-0.15, -0.1) is 0 Å². The first-order chi connectivity index (χ1) is 11.4. The Labute approximate surface area is 132 Å². The van der Waals surface area contributed by atoms with Crippen molar-refractivity contribution in [2.75, 3.05) is 0 Å². The smallest absolute Gasteiger partial charge is 0.115 e. The summed E-state index contributed by atoms with van der Waals surface area (Å²) >= 11 is 0. The molecule has 4 aromatic rings. The number of benzene rings is 2. The normalized spacial score (nSPS) is 20.2. The molecule has 3 heteroatoms. The predicted molar refractivity (Wildman–Crippen MR) is 86.6 cm³/mol. The van der Waals surface area contributed by atoms with E-state index in [-0.39, 0.29) is 11.8 Å². The zero-order valence-corrected chi connectivity index (χ0v) is 12.2. The summed E-state index contributed by atoms with van der Waals surface area (Å²) in [6.07, 6.45) is 7.30. The van der Waals surface area contributed by atoms with Crippen molar-refractivity contribution in [3.8, 4) is 0 Å². The van der Waals surface area contributed by atoms with Gasteiger partial charge in [0, 0.05) is 28.5 Å². The van der Waals surface area contributed by atoms with Gasteiger partial charge < -0.3 is 4.42 Å². The minimum Gasteiger partial charge on any atom is -0.471 e. The Morgan fingerprint density at radius 3 is 2.26 bits per heavy atom. The lowest BCUT2D eigenvalue weighted by Gasteiger charge is -2.40. The van der Waals surface area contributed by atoms with E-state index in [1.165, 1.54) is 27.8 Å². The summed E-state index contributed by atoms with van der Waals surface area (Å²) in [5.41, 5.74) is 7.87. The van der Waals surface area contributed by atoms with Crippen LogP contribution in [0.5, 0.6) is 0 Å². The van der Waals surface area contributed by atoms with E-state index in [1.54, 1.807) is 6.33 Å². The molecule has 2 unspecified atom stereocenters. The molecular formula is C20H12N2O. The van der Waals surface area contributed by atoms with E-state index in [0.29, 0.717) is 0 Å². The molecule has 0 aliphatic heterocycles. The standard InChI is InChI=1S/C20H12N2O/c1-2-4-14-13(3-1)18-15-5-11-8-23-9-12(11)6-16(15)19(14)20-17(18)7-21-10-22-20/h1-10,18-19H. The first-order valence-corrected chi connectivity index (χ1v) is 7.80. The molecule has 0 spiro atoms. The van der Waals surface area contributed by atoms with Gasteiger partial charge in [0.15, 0.2) is 0 Å². The molecule has 108 valence electrons. The third-order valence-corrected chi connectivity index (χ3v) is 5.28. The van der Waals surface area contributed by atoms with Gasteiger partial charge in [0.1, 0.15) is 6.33 Å². The summed E-state index contributed by atoms with van der Waals surface area (Å²) in [5.74, 6) is 0.421. The Kier molecular flexibility index (Phi) is 1.95. The quantitative estimate of drug-likeness (QED) is 0.421. The summed E-state index contributed by atoms with van der Waals surface area (Å²) in [6, 6.07) is 13.3. The Bertz CT molecular complexity index is 964. The molecule has 7 rings (SSSR count). The first kappa shape index (κ1) is 11.6. The zero-order chi connectivity index (χ0) is 15.0. The van der Waals surface area contributed by atoms with Crippen molar-refractivity contribution in [2.24, 2.45) is 0 Å². The minimum atomic E-state index is 0.198. The van der Waals surface area contributed by atoms with Crippen LogP contribution in [-0.2, 0) is 0 Å². The van der Waals surface area contributed by atoms with Crippen LogP contribution in [0.2, 0.25) is 0 Å². The van der Waals surface area contributed by atoms with Gasteiger partial charge in [-0.2, -0.15) is 0 Å². The van der Waals surface area contributed by atoms with Gasteiger partial charge in [0.2, 0.25) is 0 Å². The Morgan fingerprint density at radius 1 is 0.783 bits per heavy atom. The van der Waals surface area contributed by atoms with Gasteiger partial charge >= 0.3 is 0 Å². The monoisotopic (exact) mass is 296 g/mol. The van der Waals surface area contributed by atoms with Gasteiger partial charge in [-0.05, 0) is 34.4 Å². The number of hydrogen-bond donors (Lipinski definition) is 0. The van der Waals surface area contributed by atoms with Crippen LogP contribution in [0.1, 0.15) is 45.3 Å². The van der Waals surface area contributed by atoms with E-state index in [1.807, 2.05) is 18.7 Å². The van der Waals surface area contributed by atoms with Crippen molar-refractivity contribution < 1.29 is 4.42 Å². The van der Waals surface area contributed by atoms with Crippen LogP contribution in [0, 0.1) is 0 Å². The van der Waals surface area contributed by atoms with Crippen LogP contribution in [0.25, 0.3) is 10.8 Å². The average molecular weight is 296 g/mol. The maximum absolute atomic E-state index is 5.40. The molecule has 0 radical (unpaired) electrons. The Morgan fingerprint density at radius 2 is 1.48 bits per heavy atom. The SMILES string of the molecule is c1ccc2c(c1)C1c3cc4cocc4cc3C2c2ncncc21. The van der Waals surface area contributed by atoms with Crippen LogP contribution >= 0.6 is 0 Å². The molecule has 2 bridgehead atoms. The molecule has 3 aliphatic carbocycles. The second-order valence-electron chi connectivity index (χ2n) is 6.34. The Hall–Kier alpha value is -2.94. The van der Waals surface area contributed by atoms with Gasteiger partial charge in [-0.3, -0.25) is 0 Å². The van der Waals surface area contributed by atoms with Crippen molar-refractivity contribution in [1.29, 1.82) is 0 Å². The highest BCUT2D eigenvalue weighted by molar-refractivity contribution is 5.85. The van der Waals surface area contributed by atoms with Crippen molar-refractivity contribution in [2.45, 2.75) is 11.8 Å². The summed E-state index contributed by atoms with van der Waals surface area (Å²) < 4.78 is 5.40. The van der Waals surface area contributed by atoms with E-state index in [0.717, 1.165) is 16.5 Å². The minimum absolute atomic E-state index is 0.198. The van der Waals surface area contributed by atoms with Crippen LogP contribution in [0.3, 0.4) is 0 Å². The van der Waals surface area contributed by atoms with Gasteiger partial charge in [-0.1, -0.05) is 24.3 Å². The number of hydrogen-bond acceptors (Lipinski definition) is 3. The van der Waals surface area contributed by atoms with Crippen LogP contribution in [0.4, 0.5) is 0 Å². The topological polar surface area (TPSA) is 38.9 Å². The predicted octanol–water partition coefficient (Wildman–Crippen LogP) is 4.21. The fourth-order valence-corrected chi connectivity index (χ4v) is 4.37. The van der Waals surface area contributed by atoms with E-state index >= 15 is 0 Å². The second kappa shape index (κ2) is 3.87. The zero-order valence-electron chi connectivity index (χ0n) is 12.2. The highest BCUT2D eigenvalue weighted by atomic mass is 16.3. The molecule has 2 atom stereocenters. The second-order valence-corrected chi connectivity index (χ2v) is 6.34. The van der Waals surface area contributed by atoms with Crippen molar-refractivity contribution in [1.82, 2.24) is 9.97 Å². The number of aromatic nitrogens is 2. The van der Waals surface area contributed by atoms with Crippen LogP contribution < -0.4 is 0 Å². The molecule has 0 saturated carbocycles. The lowest BCUT2D eigenvalue weighted by molar-refractivity contribution is 0.572. The molecule has 2 heterocycles. The third-order valence-electron chi connectivity index (χ3n) is 5.28. The van der Waals surface area contributed by atoms with E-state index in [2.05, 4.69) is 46.4 Å². The number of rotatable bonds is 0. The van der Waals surface area contributed by atoms with Gasteiger partial charge in [0.25, 0.3) is 0 Å². The lowest BCUT2D eigenvalue weighted by atomic mass is 9.63. The molecule has 3 nitrogen and oxygen atoms in total. The molecule has 2 aromatic carbocycles. The van der Waals surface area contributed by atoms with Gasteiger partial charge in [-0.25, -0.2) is 9.97 Å². The molecular weight excluding hydrogens is 284 g/mol. The van der Waals surface area contributed by atoms with E-state index in [4.69, 9.17) is 4.42 Å². The van der Waals surface area contributed by atoms with E-state index < -0.39 is 0 Å². The van der Waals surface area contributed by atoms with Crippen LogP contribution in [0.15, 0.2) is 65.9 Å². The molecule has 0 N–H and O–H groups in total. The highest BCUT2D eigenvalue weighted by Gasteiger charge is 2.42. The summed E-state index contributed by atoms with van der Waals surface area (Å²) in [7, 11) is 0. The average Bonchev–Trinajstić information content (AvgIpc) is 3.06. The molecule has 23 heavy (non-hydrogen) atoms. The third kappa shape index (κ3) is 1.31. The van der Waals surface area contributed by atoms with Crippen molar-refractivity contribution in [3.63, 3.8) is 0 Å². The van der Waals surface area contributed by atoms with Crippen LogP contribution in [-0.4, -0.2) is 9.97 Å². The van der Waals surface area contributed by atoms with Crippen molar-refractivity contribution in [3.05, 3.63) is 95.0 Å². The number of furan rings is 1. The lowest BCUT2D eigenvalue weighted by Crippen LogP contribution is -2.28. The van der Waals surface area contributed by atoms with Crippen molar-refractivity contribution >= 4 is 10.8 Å². The van der Waals surface area contributed by atoms with Gasteiger partial charge in [0.05, 0.1) is 24.1 Å². The first-order valence-electron chi connectivity index (χ1n) is 7.80. The molecule has 0 fully saturated rings. The Balaban J connectivity index is 1.78. The molecule has 0 saturated heterocycles. The molecule has 3 aliphatic rings. The number of nitrogens with zero attached hydrogens (tertiary/aromatic N) is 2. The summed E-state index contributed by atoms with van der Waals surface area (Å²) in [4.78, 5) is 8.92.